The minimum atomic E-state index is -1.04. The summed E-state index contributed by atoms with van der Waals surface area (Å²) in [4.78, 5) is 23.1. The normalized spacial score (nSPS) is 12.8. The summed E-state index contributed by atoms with van der Waals surface area (Å²) < 4.78 is 5.71. The van der Waals surface area contributed by atoms with E-state index in [1.54, 1.807) is 13.8 Å². The first-order valence-corrected chi connectivity index (χ1v) is 7.79. The molecule has 1 rings (SSSR count). The number of hydrogen-bond acceptors (Lipinski definition) is 3. The monoisotopic (exact) mass is 321 g/mol. The van der Waals surface area contributed by atoms with Gasteiger partial charge < -0.3 is 15.2 Å². The molecule has 0 aliphatic rings. The van der Waals surface area contributed by atoms with E-state index in [-0.39, 0.29) is 17.9 Å². The topological polar surface area (TPSA) is 75.6 Å². The summed E-state index contributed by atoms with van der Waals surface area (Å²) in [5.74, 6) is -0.986. The van der Waals surface area contributed by atoms with Crippen LogP contribution in [0.3, 0.4) is 0 Å². The van der Waals surface area contributed by atoms with Crippen molar-refractivity contribution < 1.29 is 19.4 Å². The second kappa shape index (κ2) is 7.49. The zero-order chi connectivity index (χ0) is 17.8. The third kappa shape index (κ3) is 5.27. The summed E-state index contributed by atoms with van der Waals surface area (Å²) in [5.41, 5.74) is 1.85. The Morgan fingerprint density at radius 1 is 1.26 bits per heavy atom. The molecule has 0 fully saturated rings. The molecule has 0 aromatic heterocycles. The highest BCUT2D eigenvalue weighted by molar-refractivity contribution is 5.84. The van der Waals surface area contributed by atoms with Gasteiger partial charge in [0.1, 0.15) is 11.8 Å². The molecule has 0 spiro atoms. The van der Waals surface area contributed by atoms with Crippen molar-refractivity contribution in [3.63, 3.8) is 0 Å². The van der Waals surface area contributed by atoms with Crippen molar-refractivity contribution in [1.82, 2.24) is 5.32 Å². The molecule has 5 nitrogen and oxygen atoms in total. The summed E-state index contributed by atoms with van der Waals surface area (Å²) in [6, 6.07) is 4.96. The largest absolute Gasteiger partial charge is 0.483 e. The standard InChI is InChI=1S/C18H27NO4/c1-11(2)15(17(21)22)19-14(20)10-23-16-12(3)8-7-9-13(16)18(4,5)6/h7-9,11,15H,10H2,1-6H3,(H,19,20)(H,21,22)/t15-/m1/s1. The lowest BCUT2D eigenvalue weighted by Crippen LogP contribution is -2.46. The van der Waals surface area contributed by atoms with Gasteiger partial charge in [-0.1, -0.05) is 52.8 Å². The summed E-state index contributed by atoms with van der Waals surface area (Å²) >= 11 is 0. The number of amides is 1. The second-order valence-electron chi connectivity index (χ2n) is 7.12. The van der Waals surface area contributed by atoms with Crippen LogP contribution in [0.1, 0.15) is 45.7 Å². The van der Waals surface area contributed by atoms with Crippen LogP contribution in [-0.4, -0.2) is 29.6 Å². The predicted octanol–water partition coefficient (Wildman–Crippen LogP) is 2.90. The van der Waals surface area contributed by atoms with Crippen LogP contribution in [0.4, 0.5) is 0 Å². The second-order valence-corrected chi connectivity index (χ2v) is 7.12. The van der Waals surface area contributed by atoms with Gasteiger partial charge in [-0.3, -0.25) is 4.79 Å². The minimum Gasteiger partial charge on any atom is -0.483 e. The molecule has 0 bridgehead atoms. The number of carbonyl (C=O) groups excluding carboxylic acids is 1. The van der Waals surface area contributed by atoms with Gasteiger partial charge in [-0.15, -0.1) is 0 Å². The zero-order valence-corrected chi connectivity index (χ0v) is 14.8. The minimum absolute atomic E-state index is 0.112. The molecule has 0 unspecified atom stereocenters. The number of aryl methyl sites for hydroxylation is 1. The molecule has 1 amide bonds. The van der Waals surface area contributed by atoms with Crippen molar-refractivity contribution in [3.05, 3.63) is 29.3 Å². The summed E-state index contributed by atoms with van der Waals surface area (Å²) in [5, 5.41) is 11.6. The number of benzene rings is 1. The molecule has 1 atom stereocenters. The van der Waals surface area contributed by atoms with Crippen LogP contribution in [0.25, 0.3) is 0 Å². The van der Waals surface area contributed by atoms with Gasteiger partial charge in [0.15, 0.2) is 6.61 Å². The fraction of sp³-hybridized carbons (Fsp3) is 0.556. The SMILES string of the molecule is Cc1cccc(C(C)(C)C)c1OCC(=O)N[C@@H](C(=O)O)C(C)C. The Bertz CT molecular complexity index is 573. The molecular weight excluding hydrogens is 294 g/mol. The lowest BCUT2D eigenvalue weighted by molar-refractivity contribution is -0.143. The highest BCUT2D eigenvalue weighted by Crippen LogP contribution is 2.33. The van der Waals surface area contributed by atoms with Gasteiger partial charge in [0.05, 0.1) is 0 Å². The van der Waals surface area contributed by atoms with Crippen molar-refractivity contribution in [3.8, 4) is 5.75 Å². The number of rotatable bonds is 6. The zero-order valence-electron chi connectivity index (χ0n) is 14.8. The smallest absolute Gasteiger partial charge is 0.326 e. The molecule has 1 aromatic rings. The number of aliphatic carboxylic acids is 1. The third-order valence-corrected chi connectivity index (χ3v) is 3.62. The first kappa shape index (κ1) is 19.0. The summed E-state index contributed by atoms with van der Waals surface area (Å²) in [7, 11) is 0. The average Bonchev–Trinajstić information content (AvgIpc) is 2.41. The molecule has 2 N–H and O–H groups in total. The predicted molar refractivity (Wildman–Crippen MR) is 89.8 cm³/mol. The lowest BCUT2D eigenvalue weighted by Gasteiger charge is -2.24. The number of nitrogens with one attached hydrogen (secondary N) is 1. The van der Waals surface area contributed by atoms with Gasteiger partial charge in [0.2, 0.25) is 0 Å². The van der Waals surface area contributed by atoms with E-state index in [2.05, 4.69) is 26.1 Å². The molecule has 0 aliphatic heterocycles. The van der Waals surface area contributed by atoms with E-state index in [9.17, 15) is 9.59 Å². The molecule has 0 heterocycles. The molecule has 0 aliphatic carbocycles. The number of carbonyl (C=O) groups is 2. The van der Waals surface area contributed by atoms with Crippen molar-refractivity contribution in [1.29, 1.82) is 0 Å². The maximum atomic E-state index is 12.0. The number of hydrogen-bond donors (Lipinski definition) is 2. The van der Waals surface area contributed by atoms with E-state index in [0.717, 1.165) is 11.1 Å². The molecule has 23 heavy (non-hydrogen) atoms. The Morgan fingerprint density at radius 2 is 1.87 bits per heavy atom. The summed E-state index contributed by atoms with van der Waals surface area (Å²) in [6.07, 6.45) is 0. The van der Waals surface area contributed by atoms with Crippen molar-refractivity contribution in [2.24, 2.45) is 5.92 Å². The van der Waals surface area contributed by atoms with E-state index in [4.69, 9.17) is 9.84 Å². The molecule has 1 aromatic carbocycles. The first-order chi connectivity index (χ1) is 10.5. The fourth-order valence-electron chi connectivity index (χ4n) is 2.30. The van der Waals surface area contributed by atoms with Crippen LogP contribution < -0.4 is 10.1 Å². The molecular formula is C18H27NO4. The Kier molecular flexibility index (Phi) is 6.19. The Balaban J connectivity index is 2.83. The van der Waals surface area contributed by atoms with Crippen LogP contribution in [0, 0.1) is 12.8 Å². The van der Waals surface area contributed by atoms with E-state index in [1.807, 2.05) is 25.1 Å². The van der Waals surface area contributed by atoms with Crippen LogP contribution >= 0.6 is 0 Å². The van der Waals surface area contributed by atoms with Crippen LogP contribution in [0.5, 0.6) is 5.75 Å². The maximum Gasteiger partial charge on any atom is 0.326 e. The third-order valence-electron chi connectivity index (χ3n) is 3.62. The van der Waals surface area contributed by atoms with E-state index < -0.39 is 17.9 Å². The van der Waals surface area contributed by atoms with E-state index >= 15 is 0 Å². The Hall–Kier alpha value is -2.04. The number of ether oxygens (including phenoxy) is 1. The van der Waals surface area contributed by atoms with E-state index in [1.165, 1.54) is 0 Å². The highest BCUT2D eigenvalue weighted by Gasteiger charge is 2.24. The molecule has 0 saturated carbocycles. The Morgan fingerprint density at radius 3 is 2.35 bits per heavy atom. The van der Waals surface area contributed by atoms with Gasteiger partial charge >= 0.3 is 5.97 Å². The highest BCUT2D eigenvalue weighted by atomic mass is 16.5. The first-order valence-electron chi connectivity index (χ1n) is 7.79. The van der Waals surface area contributed by atoms with Crippen LogP contribution in [-0.2, 0) is 15.0 Å². The average molecular weight is 321 g/mol. The van der Waals surface area contributed by atoms with Crippen LogP contribution in [0.2, 0.25) is 0 Å². The lowest BCUT2D eigenvalue weighted by atomic mass is 9.85. The Labute approximate surface area is 138 Å². The molecule has 128 valence electrons. The number of carboxylic acids is 1. The molecule has 0 radical (unpaired) electrons. The fourth-order valence-corrected chi connectivity index (χ4v) is 2.30. The van der Waals surface area contributed by atoms with Gasteiger partial charge in [-0.25, -0.2) is 4.79 Å². The van der Waals surface area contributed by atoms with Gasteiger partial charge in [0.25, 0.3) is 5.91 Å². The molecule has 0 saturated heterocycles. The van der Waals surface area contributed by atoms with E-state index in [0.29, 0.717) is 5.75 Å². The van der Waals surface area contributed by atoms with Gasteiger partial charge in [-0.05, 0) is 29.4 Å². The van der Waals surface area contributed by atoms with Crippen molar-refractivity contribution >= 4 is 11.9 Å². The van der Waals surface area contributed by atoms with Crippen LogP contribution in [0.15, 0.2) is 18.2 Å². The number of carboxylic acid groups (broad SMARTS) is 1. The van der Waals surface area contributed by atoms with Gasteiger partial charge in [0, 0.05) is 0 Å². The summed E-state index contributed by atoms with van der Waals surface area (Å²) in [6.45, 7) is 11.5. The van der Waals surface area contributed by atoms with Gasteiger partial charge in [-0.2, -0.15) is 0 Å². The molecule has 5 heteroatoms. The van der Waals surface area contributed by atoms with Crippen molar-refractivity contribution in [2.75, 3.05) is 6.61 Å². The maximum absolute atomic E-state index is 12.0. The number of para-hydroxylation sites is 1. The van der Waals surface area contributed by atoms with Crippen molar-refractivity contribution in [2.45, 2.75) is 53.0 Å². The quantitative estimate of drug-likeness (QED) is 0.845.